The molecule has 1 aromatic carbocycles. The van der Waals surface area contributed by atoms with Gasteiger partial charge in [-0.2, -0.15) is 18.2 Å². The van der Waals surface area contributed by atoms with Crippen LogP contribution in [0.2, 0.25) is 0 Å². The number of thiophene rings is 1. The van der Waals surface area contributed by atoms with Gasteiger partial charge >= 0.3 is 6.18 Å². The van der Waals surface area contributed by atoms with Crippen molar-refractivity contribution in [3.8, 4) is 10.7 Å². The quantitative estimate of drug-likeness (QED) is 0.524. The van der Waals surface area contributed by atoms with Crippen molar-refractivity contribution in [2.24, 2.45) is 0 Å². The van der Waals surface area contributed by atoms with Gasteiger partial charge < -0.3 is 9.84 Å². The molecule has 0 unspecified atom stereocenters. The smallest absolute Gasteiger partial charge is 0.339 e. The summed E-state index contributed by atoms with van der Waals surface area (Å²) in [5.74, 6) is 0.569. The summed E-state index contributed by atoms with van der Waals surface area (Å²) in [5, 5.41) is 8.26. The lowest BCUT2D eigenvalue weighted by molar-refractivity contribution is -0.137. The van der Waals surface area contributed by atoms with E-state index in [0.29, 0.717) is 37.6 Å². The first-order chi connectivity index (χ1) is 14.4. The van der Waals surface area contributed by atoms with Crippen LogP contribution in [0.5, 0.6) is 0 Å². The van der Waals surface area contributed by atoms with Crippen LogP contribution in [0.25, 0.3) is 10.7 Å². The third-order valence-electron chi connectivity index (χ3n) is 4.40. The number of aromatic nitrogens is 2. The fraction of sp³-hybridized carbons (Fsp3) is 0.350. The average molecular weight is 438 g/mol. The van der Waals surface area contributed by atoms with Crippen LogP contribution in [0.1, 0.15) is 24.8 Å². The lowest BCUT2D eigenvalue weighted by Crippen LogP contribution is -2.34. The van der Waals surface area contributed by atoms with Crippen molar-refractivity contribution in [3.05, 3.63) is 53.2 Å². The minimum Gasteiger partial charge on any atom is -0.339 e. The van der Waals surface area contributed by atoms with Gasteiger partial charge in [0.2, 0.25) is 17.6 Å². The molecule has 2 aromatic heterocycles. The number of hydrogen-bond donors (Lipinski definition) is 1. The van der Waals surface area contributed by atoms with Gasteiger partial charge in [0.05, 0.1) is 22.7 Å². The summed E-state index contributed by atoms with van der Waals surface area (Å²) >= 11 is 1.52. The summed E-state index contributed by atoms with van der Waals surface area (Å²) in [4.78, 5) is 19.4. The largest absolute Gasteiger partial charge is 0.418 e. The summed E-state index contributed by atoms with van der Waals surface area (Å²) in [6, 6.07) is 8.76. The molecule has 0 saturated carbocycles. The average Bonchev–Trinajstić information content (AvgIpc) is 3.38. The van der Waals surface area contributed by atoms with Crippen molar-refractivity contribution >= 4 is 22.9 Å². The minimum atomic E-state index is -4.53. The van der Waals surface area contributed by atoms with Gasteiger partial charge in [-0.1, -0.05) is 30.3 Å². The maximum absolute atomic E-state index is 13.1. The first-order valence-corrected chi connectivity index (χ1v) is 10.3. The van der Waals surface area contributed by atoms with Crippen LogP contribution in [-0.2, 0) is 17.4 Å². The third kappa shape index (κ3) is 5.90. The highest BCUT2D eigenvalue weighted by atomic mass is 32.1. The number of alkyl halides is 3. The van der Waals surface area contributed by atoms with Gasteiger partial charge in [-0.05, 0) is 43.1 Å². The number of hydrogen-bond acceptors (Lipinski definition) is 6. The highest BCUT2D eigenvalue weighted by molar-refractivity contribution is 7.13. The van der Waals surface area contributed by atoms with E-state index < -0.39 is 17.6 Å². The molecule has 0 saturated heterocycles. The normalized spacial score (nSPS) is 11.8. The zero-order valence-corrected chi connectivity index (χ0v) is 17.1. The van der Waals surface area contributed by atoms with Gasteiger partial charge in [0.15, 0.2) is 0 Å². The minimum absolute atomic E-state index is 0.00697. The van der Waals surface area contributed by atoms with Crippen molar-refractivity contribution < 1.29 is 22.5 Å². The van der Waals surface area contributed by atoms with Gasteiger partial charge in [0, 0.05) is 6.42 Å². The van der Waals surface area contributed by atoms with E-state index in [2.05, 4.69) is 15.5 Å². The van der Waals surface area contributed by atoms with Crippen molar-refractivity contribution in [3.63, 3.8) is 0 Å². The Morgan fingerprint density at radius 1 is 1.23 bits per heavy atom. The summed E-state index contributed by atoms with van der Waals surface area (Å²) < 4.78 is 44.4. The zero-order valence-electron chi connectivity index (χ0n) is 16.3. The fourth-order valence-electron chi connectivity index (χ4n) is 2.90. The molecule has 0 radical (unpaired) electrons. The van der Waals surface area contributed by atoms with Crippen molar-refractivity contribution in [1.82, 2.24) is 15.0 Å². The van der Waals surface area contributed by atoms with E-state index in [0.717, 1.165) is 10.9 Å². The van der Waals surface area contributed by atoms with E-state index in [9.17, 15) is 18.0 Å². The van der Waals surface area contributed by atoms with Gasteiger partial charge in [-0.15, -0.1) is 11.3 Å². The number of benzene rings is 1. The maximum Gasteiger partial charge on any atom is 0.418 e. The second-order valence-corrected chi connectivity index (χ2v) is 7.50. The molecule has 6 nitrogen and oxygen atoms in total. The number of aryl methyl sites for hydroxylation is 1. The highest BCUT2D eigenvalue weighted by Gasteiger charge is 2.33. The summed E-state index contributed by atoms with van der Waals surface area (Å²) in [6.07, 6.45) is -3.31. The van der Waals surface area contributed by atoms with Crippen molar-refractivity contribution in [2.75, 3.05) is 25.0 Å². The maximum atomic E-state index is 13.1. The van der Waals surface area contributed by atoms with E-state index in [-0.39, 0.29) is 12.2 Å². The molecule has 0 spiro atoms. The Hall–Kier alpha value is -2.72. The number of nitrogens with zero attached hydrogens (tertiary/aromatic N) is 3. The molecule has 3 aromatic rings. The van der Waals surface area contributed by atoms with Gasteiger partial charge in [0.25, 0.3) is 0 Å². The monoisotopic (exact) mass is 438 g/mol. The molecule has 1 amide bonds. The molecule has 0 bridgehead atoms. The van der Waals surface area contributed by atoms with E-state index >= 15 is 0 Å². The number of nitrogens with one attached hydrogen (secondary N) is 1. The Morgan fingerprint density at radius 3 is 2.73 bits per heavy atom. The van der Waals surface area contributed by atoms with Crippen LogP contribution in [0, 0.1) is 0 Å². The van der Waals surface area contributed by atoms with Gasteiger partial charge in [-0.25, -0.2) is 0 Å². The molecule has 160 valence electrons. The van der Waals surface area contributed by atoms with Crippen molar-refractivity contribution in [1.29, 1.82) is 0 Å². The number of carbonyl (C=O) groups is 1. The second-order valence-electron chi connectivity index (χ2n) is 6.55. The Labute approximate surface area is 175 Å². The lowest BCUT2D eigenvalue weighted by Gasteiger charge is -2.20. The molecule has 1 N–H and O–H groups in total. The molecule has 0 aliphatic carbocycles. The predicted octanol–water partition coefficient (Wildman–Crippen LogP) is 4.71. The first-order valence-electron chi connectivity index (χ1n) is 9.41. The fourth-order valence-corrected chi connectivity index (χ4v) is 3.55. The standard InChI is InChI=1S/C20H21F3N4O2S/c1-2-27(11-5-10-18-25-19(26-29-18)16-9-6-12-30-16)13-17(28)24-15-8-4-3-7-14(15)20(21,22)23/h3-4,6-9,12H,2,5,10-11,13H2,1H3,(H,24,28). The van der Waals surface area contributed by atoms with Crippen LogP contribution in [0.3, 0.4) is 0 Å². The number of anilines is 1. The molecule has 0 aliphatic heterocycles. The Morgan fingerprint density at radius 2 is 2.03 bits per heavy atom. The number of likely N-dealkylation sites (N-methyl/N-ethyl adjacent to an activating group) is 1. The van der Waals surface area contributed by atoms with E-state index in [4.69, 9.17) is 4.52 Å². The van der Waals surface area contributed by atoms with Crippen LogP contribution in [0.4, 0.5) is 18.9 Å². The van der Waals surface area contributed by atoms with Crippen LogP contribution >= 0.6 is 11.3 Å². The summed E-state index contributed by atoms with van der Waals surface area (Å²) in [7, 11) is 0. The van der Waals surface area contributed by atoms with Crippen LogP contribution in [-0.4, -0.2) is 40.6 Å². The molecule has 0 atom stereocenters. The molecule has 30 heavy (non-hydrogen) atoms. The Kier molecular flexibility index (Phi) is 7.22. The summed E-state index contributed by atoms with van der Waals surface area (Å²) in [6.45, 7) is 3.03. The molecule has 0 aliphatic rings. The highest BCUT2D eigenvalue weighted by Crippen LogP contribution is 2.34. The molecular weight excluding hydrogens is 417 g/mol. The lowest BCUT2D eigenvalue weighted by atomic mass is 10.1. The Bertz CT molecular complexity index is 957. The van der Waals surface area contributed by atoms with Crippen LogP contribution in [0.15, 0.2) is 46.3 Å². The number of amides is 1. The Balaban J connectivity index is 1.49. The zero-order chi connectivity index (χ0) is 21.6. The van der Waals surface area contributed by atoms with E-state index in [1.807, 2.05) is 29.3 Å². The predicted molar refractivity (Wildman–Crippen MR) is 108 cm³/mol. The SMILES string of the molecule is CCN(CCCc1nc(-c2cccs2)no1)CC(=O)Nc1ccccc1C(F)(F)F. The first kappa shape index (κ1) is 22.0. The van der Waals surface area contributed by atoms with Crippen molar-refractivity contribution in [2.45, 2.75) is 25.9 Å². The van der Waals surface area contributed by atoms with Gasteiger partial charge in [-0.3, -0.25) is 9.69 Å². The van der Waals surface area contributed by atoms with E-state index in [1.165, 1.54) is 29.5 Å². The van der Waals surface area contributed by atoms with E-state index in [1.54, 1.807) is 0 Å². The molecule has 3 rings (SSSR count). The molecule has 2 heterocycles. The summed E-state index contributed by atoms with van der Waals surface area (Å²) in [5.41, 5.74) is -1.10. The number of rotatable bonds is 9. The second kappa shape index (κ2) is 9.86. The third-order valence-corrected chi connectivity index (χ3v) is 5.26. The molecule has 0 fully saturated rings. The molecular formula is C20H21F3N4O2S. The topological polar surface area (TPSA) is 71.3 Å². The van der Waals surface area contributed by atoms with Crippen LogP contribution < -0.4 is 5.32 Å². The number of para-hydroxylation sites is 1. The van der Waals surface area contributed by atoms with Gasteiger partial charge in [0.1, 0.15) is 0 Å². The molecule has 10 heteroatoms. The number of carbonyl (C=O) groups excluding carboxylic acids is 1. The number of halogens is 3.